The van der Waals surface area contributed by atoms with Crippen LogP contribution in [0.5, 0.6) is 11.5 Å². The summed E-state index contributed by atoms with van der Waals surface area (Å²) >= 11 is 0. The summed E-state index contributed by atoms with van der Waals surface area (Å²) in [5.74, 6) is 0.403. The van der Waals surface area contributed by atoms with Gasteiger partial charge >= 0.3 is 0 Å². The molecule has 33 heavy (non-hydrogen) atoms. The van der Waals surface area contributed by atoms with Gasteiger partial charge in [0, 0.05) is 18.3 Å². The fourth-order valence-corrected chi connectivity index (χ4v) is 4.44. The molecule has 3 aromatic carbocycles. The zero-order valence-electron chi connectivity index (χ0n) is 18.8. The van der Waals surface area contributed by atoms with Gasteiger partial charge in [-0.3, -0.25) is 9.59 Å². The molecular formula is C27H24N2O4. The number of hydrogen-bond acceptors (Lipinski definition) is 5. The quantitative estimate of drug-likeness (QED) is 0.531. The highest BCUT2D eigenvalue weighted by Gasteiger charge is 2.43. The van der Waals surface area contributed by atoms with Gasteiger partial charge in [-0.05, 0) is 56.2 Å². The van der Waals surface area contributed by atoms with Crippen LogP contribution in [0.4, 0.5) is 11.4 Å². The molecule has 0 aliphatic carbocycles. The molecule has 0 fully saturated rings. The Bertz CT molecular complexity index is 1300. The molecule has 3 aromatic rings. The van der Waals surface area contributed by atoms with Gasteiger partial charge < -0.3 is 14.4 Å². The molecule has 0 saturated carbocycles. The van der Waals surface area contributed by atoms with Crippen LogP contribution in [0.2, 0.25) is 0 Å². The molecule has 2 heterocycles. The summed E-state index contributed by atoms with van der Waals surface area (Å²) in [6.07, 6.45) is 0. The molecule has 0 aromatic heterocycles. The second kappa shape index (κ2) is 8.13. The number of anilines is 2. The maximum absolute atomic E-state index is 13.9. The van der Waals surface area contributed by atoms with E-state index in [4.69, 9.17) is 9.47 Å². The molecule has 0 saturated heterocycles. The number of benzene rings is 3. The van der Waals surface area contributed by atoms with E-state index in [1.54, 1.807) is 18.2 Å². The number of carbonyl (C=O) groups excluding carboxylic acids is 2. The number of likely N-dealkylation sites (N-methyl/N-ethyl adjacent to an activating group) is 1. The lowest BCUT2D eigenvalue weighted by Gasteiger charge is -2.25. The van der Waals surface area contributed by atoms with Gasteiger partial charge in [0.1, 0.15) is 5.70 Å². The molecule has 6 heteroatoms. The molecular weight excluding hydrogens is 416 g/mol. The SMILES string of the molecule is CCN(C1=C(c2ccc(C)cc2C)C(=O)N(c2ccc3c(c2)OCO3)C1=O)c1ccccc1. The van der Waals surface area contributed by atoms with E-state index < -0.39 is 0 Å². The van der Waals surface area contributed by atoms with E-state index in [1.165, 1.54) is 4.90 Å². The second-order valence-electron chi connectivity index (χ2n) is 8.11. The van der Waals surface area contributed by atoms with Crippen molar-refractivity contribution in [2.24, 2.45) is 0 Å². The van der Waals surface area contributed by atoms with Crippen LogP contribution in [-0.4, -0.2) is 25.2 Å². The van der Waals surface area contributed by atoms with Crippen molar-refractivity contribution in [3.8, 4) is 11.5 Å². The third kappa shape index (κ3) is 3.44. The Labute approximate surface area is 192 Å². The summed E-state index contributed by atoms with van der Waals surface area (Å²) in [5.41, 5.74) is 4.88. The number of hydrogen-bond donors (Lipinski definition) is 0. The van der Waals surface area contributed by atoms with E-state index >= 15 is 0 Å². The van der Waals surface area contributed by atoms with E-state index in [0.29, 0.717) is 35.0 Å². The third-order valence-electron chi connectivity index (χ3n) is 5.98. The van der Waals surface area contributed by atoms with Crippen LogP contribution in [0.1, 0.15) is 23.6 Å². The predicted octanol–water partition coefficient (Wildman–Crippen LogP) is 4.84. The van der Waals surface area contributed by atoms with E-state index in [2.05, 4.69) is 0 Å². The molecule has 2 amide bonds. The van der Waals surface area contributed by atoms with Gasteiger partial charge in [-0.15, -0.1) is 0 Å². The van der Waals surface area contributed by atoms with Crippen LogP contribution in [0.25, 0.3) is 5.57 Å². The first-order chi connectivity index (χ1) is 16.0. The van der Waals surface area contributed by atoms with Gasteiger partial charge in [-0.25, -0.2) is 4.90 Å². The number of nitrogens with zero attached hydrogens (tertiary/aromatic N) is 2. The first-order valence-corrected chi connectivity index (χ1v) is 10.9. The van der Waals surface area contributed by atoms with Gasteiger partial charge in [-0.1, -0.05) is 42.0 Å². The summed E-state index contributed by atoms with van der Waals surface area (Å²) in [7, 11) is 0. The van der Waals surface area contributed by atoms with Crippen molar-refractivity contribution in [3.05, 3.63) is 89.1 Å². The highest BCUT2D eigenvalue weighted by atomic mass is 16.7. The Morgan fingerprint density at radius 3 is 2.36 bits per heavy atom. The summed E-state index contributed by atoms with van der Waals surface area (Å²) < 4.78 is 10.9. The van der Waals surface area contributed by atoms with Crippen LogP contribution in [0, 0.1) is 13.8 Å². The third-order valence-corrected chi connectivity index (χ3v) is 5.98. The lowest BCUT2D eigenvalue weighted by Crippen LogP contribution is -2.35. The zero-order chi connectivity index (χ0) is 23.1. The van der Waals surface area contributed by atoms with Crippen molar-refractivity contribution in [2.45, 2.75) is 20.8 Å². The molecule has 0 atom stereocenters. The molecule has 0 N–H and O–H groups in total. The number of carbonyl (C=O) groups is 2. The Balaban J connectivity index is 1.69. The van der Waals surface area contributed by atoms with Crippen molar-refractivity contribution in [2.75, 3.05) is 23.1 Å². The lowest BCUT2D eigenvalue weighted by molar-refractivity contribution is -0.120. The largest absolute Gasteiger partial charge is 0.454 e. The van der Waals surface area contributed by atoms with E-state index in [9.17, 15) is 9.59 Å². The highest BCUT2D eigenvalue weighted by Crippen LogP contribution is 2.41. The number of rotatable bonds is 5. The predicted molar refractivity (Wildman–Crippen MR) is 127 cm³/mol. The fourth-order valence-electron chi connectivity index (χ4n) is 4.44. The van der Waals surface area contributed by atoms with E-state index in [1.807, 2.05) is 74.2 Å². The van der Waals surface area contributed by atoms with Crippen molar-refractivity contribution < 1.29 is 19.1 Å². The molecule has 6 nitrogen and oxygen atoms in total. The van der Waals surface area contributed by atoms with Crippen LogP contribution < -0.4 is 19.3 Å². The Hall–Kier alpha value is -4.06. The minimum Gasteiger partial charge on any atom is -0.454 e. The summed E-state index contributed by atoms with van der Waals surface area (Å²) in [4.78, 5) is 30.9. The maximum atomic E-state index is 13.9. The number of imide groups is 1. The molecule has 0 spiro atoms. The Morgan fingerprint density at radius 2 is 1.64 bits per heavy atom. The number of amides is 2. The van der Waals surface area contributed by atoms with Gasteiger partial charge in [-0.2, -0.15) is 0 Å². The first-order valence-electron chi connectivity index (χ1n) is 10.9. The maximum Gasteiger partial charge on any atom is 0.282 e. The number of ether oxygens (including phenoxy) is 2. The van der Waals surface area contributed by atoms with Crippen molar-refractivity contribution in [1.82, 2.24) is 0 Å². The van der Waals surface area contributed by atoms with Crippen molar-refractivity contribution in [1.29, 1.82) is 0 Å². The van der Waals surface area contributed by atoms with E-state index in [0.717, 1.165) is 22.4 Å². The van der Waals surface area contributed by atoms with Gasteiger partial charge in [0.05, 0.1) is 11.3 Å². The van der Waals surface area contributed by atoms with Crippen molar-refractivity contribution >= 4 is 28.8 Å². The molecule has 0 bridgehead atoms. The topological polar surface area (TPSA) is 59.1 Å². The number of para-hydroxylation sites is 1. The Morgan fingerprint density at radius 1 is 0.879 bits per heavy atom. The molecule has 0 unspecified atom stereocenters. The number of fused-ring (bicyclic) bond motifs is 1. The van der Waals surface area contributed by atoms with Gasteiger partial charge in [0.2, 0.25) is 6.79 Å². The molecule has 166 valence electrons. The summed E-state index contributed by atoms with van der Waals surface area (Å²) in [6.45, 7) is 6.60. The average Bonchev–Trinajstić information content (AvgIpc) is 3.37. The smallest absolute Gasteiger partial charge is 0.282 e. The molecule has 2 aliphatic rings. The fraction of sp³-hybridized carbons (Fsp3) is 0.185. The van der Waals surface area contributed by atoms with Crippen molar-refractivity contribution in [3.63, 3.8) is 0 Å². The normalized spacial score (nSPS) is 14.9. The average molecular weight is 440 g/mol. The summed E-state index contributed by atoms with van der Waals surface area (Å²) in [6, 6.07) is 20.7. The molecule has 2 aliphatic heterocycles. The van der Waals surface area contributed by atoms with Crippen LogP contribution in [0.15, 0.2) is 72.4 Å². The minimum atomic E-state index is -0.362. The second-order valence-corrected chi connectivity index (χ2v) is 8.11. The monoisotopic (exact) mass is 440 g/mol. The summed E-state index contributed by atoms with van der Waals surface area (Å²) in [5, 5.41) is 0. The van der Waals surface area contributed by atoms with Gasteiger partial charge in [0.15, 0.2) is 11.5 Å². The minimum absolute atomic E-state index is 0.121. The van der Waals surface area contributed by atoms with Crippen LogP contribution in [-0.2, 0) is 9.59 Å². The first kappa shape index (κ1) is 20.8. The van der Waals surface area contributed by atoms with E-state index in [-0.39, 0.29) is 18.6 Å². The number of aryl methyl sites for hydroxylation is 2. The molecule has 5 rings (SSSR count). The highest BCUT2D eigenvalue weighted by molar-refractivity contribution is 6.46. The van der Waals surface area contributed by atoms with Crippen LogP contribution in [0.3, 0.4) is 0 Å². The lowest BCUT2D eigenvalue weighted by atomic mass is 9.97. The molecule has 0 radical (unpaired) electrons. The van der Waals surface area contributed by atoms with Gasteiger partial charge in [0.25, 0.3) is 11.8 Å². The zero-order valence-corrected chi connectivity index (χ0v) is 18.8. The standard InChI is InChI=1S/C27H24N2O4/c1-4-28(19-8-6-5-7-9-19)25-24(21-12-10-17(2)14-18(21)3)26(30)29(27(25)31)20-11-13-22-23(15-20)33-16-32-22/h5-15H,4,16H2,1-3H3. The Kier molecular flexibility index (Phi) is 5.13. The van der Waals surface area contributed by atoms with Crippen LogP contribution >= 0.6 is 0 Å².